The molecule has 0 saturated carbocycles. The van der Waals surface area contributed by atoms with Gasteiger partial charge in [-0.25, -0.2) is 4.79 Å². The minimum atomic E-state index is -0.482. The number of piperidine rings is 1. The molecule has 1 saturated heterocycles. The highest BCUT2D eigenvalue weighted by atomic mass is 35.5. The standard InChI is InChI=1S/C21H18ClNO4/c22-14-10-15(24)13(11-23-8-4-1-5-9-23)17-18-19(27-20(14)17)12-6-2-3-7-16(12)26-21(18)25/h2-3,6-7,10,24H,1,4-5,8-9,11H2. The number of furan rings is 1. The summed E-state index contributed by atoms with van der Waals surface area (Å²) in [6.45, 7) is 2.48. The fraction of sp³-hybridized carbons (Fsp3) is 0.286. The summed E-state index contributed by atoms with van der Waals surface area (Å²) in [5.41, 5.74) is 1.51. The second-order valence-corrected chi connectivity index (χ2v) is 7.50. The summed E-state index contributed by atoms with van der Waals surface area (Å²) >= 11 is 6.35. The summed E-state index contributed by atoms with van der Waals surface area (Å²) in [6, 6.07) is 8.75. The molecule has 0 amide bonds. The third-order valence-corrected chi connectivity index (χ3v) is 5.65. The molecule has 5 nitrogen and oxygen atoms in total. The average molecular weight is 384 g/mol. The lowest BCUT2D eigenvalue weighted by Crippen LogP contribution is -2.29. The van der Waals surface area contributed by atoms with Crippen LogP contribution < -0.4 is 5.63 Å². The molecule has 0 aliphatic carbocycles. The maximum atomic E-state index is 12.8. The van der Waals surface area contributed by atoms with Gasteiger partial charge >= 0.3 is 5.63 Å². The number of phenolic OH excluding ortho intramolecular Hbond substituents is 1. The van der Waals surface area contributed by atoms with E-state index < -0.39 is 5.63 Å². The number of phenols is 1. The van der Waals surface area contributed by atoms with Crippen molar-refractivity contribution < 1.29 is 13.9 Å². The van der Waals surface area contributed by atoms with Crippen LogP contribution in [-0.4, -0.2) is 23.1 Å². The molecule has 1 N–H and O–H groups in total. The first kappa shape index (κ1) is 16.7. The minimum absolute atomic E-state index is 0.0772. The fourth-order valence-electron chi connectivity index (χ4n) is 4.07. The van der Waals surface area contributed by atoms with Crippen molar-refractivity contribution in [1.29, 1.82) is 0 Å². The van der Waals surface area contributed by atoms with E-state index in [-0.39, 0.29) is 10.8 Å². The van der Waals surface area contributed by atoms with E-state index in [0.717, 1.165) is 25.9 Å². The van der Waals surface area contributed by atoms with Gasteiger partial charge in [-0.3, -0.25) is 4.90 Å². The monoisotopic (exact) mass is 383 g/mol. The third kappa shape index (κ3) is 2.61. The van der Waals surface area contributed by atoms with Crippen LogP contribution in [0.2, 0.25) is 5.02 Å². The van der Waals surface area contributed by atoms with Crippen LogP contribution in [0, 0.1) is 0 Å². The molecule has 1 aliphatic heterocycles. The lowest BCUT2D eigenvalue weighted by Gasteiger charge is -2.27. The maximum absolute atomic E-state index is 12.8. The quantitative estimate of drug-likeness (QED) is 0.491. The Morgan fingerprint density at radius 1 is 1.04 bits per heavy atom. The van der Waals surface area contributed by atoms with Gasteiger partial charge in [-0.1, -0.05) is 30.2 Å². The van der Waals surface area contributed by atoms with E-state index in [2.05, 4.69) is 4.90 Å². The second kappa shape index (κ2) is 6.29. The van der Waals surface area contributed by atoms with Crippen LogP contribution >= 0.6 is 11.6 Å². The zero-order valence-electron chi connectivity index (χ0n) is 14.6. The zero-order valence-corrected chi connectivity index (χ0v) is 15.4. The van der Waals surface area contributed by atoms with Gasteiger partial charge < -0.3 is 13.9 Å². The summed E-state index contributed by atoms with van der Waals surface area (Å²) in [5.74, 6) is 0.0772. The van der Waals surface area contributed by atoms with Crippen molar-refractivity contribution in [3.63, 3.8) is 0 Å². The van der Waals surface area contributed by atoms with Gasteiger partial charge in [0, 0.05) is 23.6 Å². The Balaban J connectivity index is 1.85. The first-order chi connectivity index (χ1) is 13.1. The number of aromatic hydroxyl groups is 1. The smallest absolute Gasteiger partial charge is 0.348 e. The van der Waals surface area contributed by atoms with Crippen LogP contribution in [0.25, 0.3) is 32.9 Å². The normalized spacial score (nSPS) is 15.9. The van der Waals surface area contributed by atoms with Gasteiger partial charge in [-0.15, -0.1) is 0 Å². The van der Waals surface area contributed by atoms with Crippen molar-refractivity contribution in [2.45, 2.75) is 25.8 Å². The number of hydrogen-bond donors (Lipinski definition) is 1. The summed E-state index contributed by atoms with van der Waals surface area (Å²) < 4.78 is 11.6. The number of likely N-dealkylation sites (tertiary alicyclic amines) is 1. The predicted octanol–water partition coefficient (Wildman–Crippen LogP) is 5.04. The van der Waals surface area contributed by atoms with Gasteiger partial charge in [0.05, 0.1) is 10.4 Å². The van der Waals surface area contributed by atoms with Gasteiger partial charge in [-0.2, -0.15) is 0 Å². The Labute approximate surface area is 159 Å². The van der Waals surface area contributed by atoms with E-state index in [1.165, 1.54) is 12.5 Å². The molecule has 3 heterocycles. The van der Waals surface area contributed by atoms with Crippen molar-refractivity contribution in [3.05, 3.63) is 51.3 Å². The molecule has 1 fully saturated rings. The maximum Gasteiger partial charge on any atom is 0.348 e. The molecule has 1 aliphatic rings. The molecule has 27 heavy (non-hydrogen) atoms. The summed E-state index contributed by atoms with van der Waals surface area (Å²) in [6.07, 6.45) is 3.50. The van der Waals surface area contributed by atoms with Crippen LogP contribution in [-0.2, 0) is 6.54 Å². The first-order valence-electron chi connectivity index (χ1n) is 9.14. The Bertz CT molecular complexity index is 1230. The Kier molecular flexibility index (Phi) is 3.88. The van der Waals surface area contributed by atoms with Crippen LogP contribution in [0.3, 0.4) is 0 Å². The van der Waals surface area contributed by atoms with Crippen LogP contribution in [0.1, 0.15) is 24.8 Å². The Hall–Kier alpha value is -2.50. The van der Waals surface area contributed by atoms with E-state index in [1.54, 1.807) is 12.1 Å². The third-order valence-electron chi connectivity index (χ3n) is 5.37. The van der Waals surface area contributed by atoms with E-state index >= 15 is 0 Å². The van der Waals surface area contributed by atoms with Gasteiger partial charge in [0.2, 0.25) is 0 Å². The fourth-order valence-corrected chi connectivity index (χ4v) is 4.30. The lowest BCUT2D eigenvalue weighted by molar-refractivity contribution is 0.219. The highest BCUT2D eigenvalue weighted by Crippen LogP contribution is 2.41. The van der Waals surface area contributed by atoms with Crippen molar-refractivity contribution >= 4 is 44.5 Å². The number of halogens is 1. The number of nitrogens with zero attached hydrogens (tertiary/aromatic N) is 1. The molecule has 2 aromatic carbocycles. The van der Waals surface area contributed by atoms with Crippen molar-refractivity contribution in [1.82, 2.24) is 4.90 Å². The van der Waals surface area contributed by atoms with E-state index in [4.69, 9.17) is 20.4 Å². The lowest BCUT2D eigenvalue weighted by atomic mass is 10.0. The van der Waals surface area contributed by atoms with Gasteiger partial charge in [0.1, 0.15) is 16.7 Å². The van der Waals surface area contributed by atoms with E-state index in [9.17, 15) is 9.90 Å². The SMILES string of the molecule is O=c1oc2ccccc2c2oc3c(Cl)cc(O)c(CN4CCCCC4)c3c12. The minimum Gasteiger partial charge on any atom is -0.508 e. The summed E-state index contributed by atoms with van der Waals surface area (Å²) in [5, 5.41) is 12.5. The largest absolute Gasteiger partial charge is 0.508 e. The molecule has 0 radical (unpaired) electrons. The average Bonchev–Trinajstić information content (AvgIpc) is 3.08. The van der Waals surface area contributed by atoms with E-state index in [0.29, 0.717) is 45.0 Å². The molecule has 0 atom stereocenters. The Morgan fingerprint density at radius 2 is 1.81 bits per heavy atom. The zero-order chi connectivity index (χ0) is 18.5. The van der Waals surface area contributed by atoms with Gasteiger partial charge in [0.15, 0.2) is 11.2 Å². The number of fused-ring (bicyclic) bond motifs is 5. The predicted molar refractivity (Wildman–Crippen MR) is 106 cm³/mol. The molecule has 2 aromatic heterocycles. The Morgan fingerprint density at radius 3 is 2.63 bits per heavy atom. The first-order valence-corrected chi connectivity index (χ1v) is 9.52. The molecule has 0 unspecified atom stereocenters. The van der Waals surface area contributed by atoms with Crippen molar-refractivity contribution in [2.24, 2.45) is 0 Å². The van der Waals surface area contributed by atoms with Gasteiger partial charge in [0.25, 0.3) is 0 Å². The molecular formula is C21H18ClNO4. The van der Waals surface area contributed by atoms with Crippen LogP contribution in [0.5, 0.6) is 5.75 Å². The molecule has 0 bridgehead atoms. The van der Waals surface area contributed by atoms with Crippen LogP contribution in [0.15, 0.2) is 44.0 Å². The number of benzene rings is 2. The molecule has 138 valence electrons. The molecule has 0 spiro atoms. The van der Waals surface area contributed by atoms with Crippen LogP contribution in [0.4, 0.5) is 0 Å². The second-order valence-electron chi connectivity index (χ2n) is 7.09. The van der Waals surface area contributed by atoms with E-state index in [1.807, 2.05) is 12.1 Å². The number of para-hydroxylation sites is 1. The van der Waals surface area contributed by atoms with Crippen molar-refractivity contribution in [2.75, 3.05) is 13.1 Å². The highest BCUT2D eigenvalue weighted by Gasteiger charge is 2.24. The highest BCUT2D eigenvalue weighted by molar-refractivity contribution is 6.36. The van der Waals surface area contributed by atoms with Crippen molar-refractivity contribution in [3.8, 4) is 5.75 Å². The number of hydrogen-bond acceptors (Lipinski definition) is 5. The molecular weight excluding hydrogens is 366 g/mol. The summed E-state index contributed by atoms with van der Waals surface area (Å²) in [7, 11) is 0. The molecule has 6 heteroatoms. The topological polar surface area (TPSA) is 66.8 Å². The summed E-state index contributed by atoms with van der Waals surface area (Å²) in [4.78, 5) is 15.1. The van der Waals surface area contributed by atoms with Gasteiger partial charge in [-0.05, 0) is 38.1 Å². The molecule has 5 rings (SSSR count). The number of rotatable bonds is 2. The molecule has 4 aromatic rings.